The summed E-state index contributed by atoms with van der Waals surface area (Å²) in [5.41, 5.74) is 6.52. The Morgan fingerprint density at radius 1 is 1.29 bits per heavy atom. The Hall–Kier alpha value is -1.35. The Kier molecular flexibility index (Phi) is 5.70. The van der Waals surface area contributed by atoms with Crippen LogP contribution in [0, 0.1) is 0 Å². The van der Waals surface area contributed by atoms with E-state index in [1.807, 2.05) is 30.3 Å². The Morgan fingerprint density at radius 3 is 2.41 bits per heavy atom. The summed E-state index contributed by atoms with van der Waals surface area (Å²) in [6.45, 7) is 5.96. The minimum absolute atomic E-state index is 0.269. The van der Waals surface area contributed by atoms with Crippen molar-refractivity contribution in [1.82, 2.24) is 4.90 Å². The van der Waals surface area contributed by atoms with Crippen LogP contribution in [0.5, 0.6) is 0 Å². The third kappa shape index (κ3) is 3.86. The van der Waals surface area contributed by atoms with Crippen LogP contribution >= 0.6 is 0 Å². The quantitative estimate of drug-likeness (QED) is 0.787. The van der Waals surface area contributed by atoms with Crippen molar-refractivity contribution in [2.24, 2.45) is 5.73 Å². The summed E-state index contributed by atoms with van der Waals surface area (Å²) in [5, 5.41) is 0. The predicted molar refractivity (Wildman–Crippen MR) is 70.5 cm³/mol. The van der Waals surface area contributed by atoms with Gasteiger partial charge in [-0.15, -0.1) is 0 Å². The van der Waals surface area contributed by atoms with Gasteiger partial charge in [-0.3, -0.25) is 9.69 Å². The number of nitrogens with zero attached hydrogens (tertiary/aromatic N) is 1. The predicted octanol–water partition coefficient (Wildman–Crippen LogP) is 2.34. The summed E-state index contributed by atoms with van der Waals surface area (Å²) in [4.78, 5) is 13.8. The molecule has 0 aliphatic rings. The molecule has 0 spiro atoms. The molecule has 0 aliphatic carbocycles. The molecule has 3 nitrogen and oxygen atoms in total. The van der Waals surface area contributed by atoms with Crippen LogP contribution in [0.4, 0.5) is 0 Å². The second-order valence-electron chi connectivity index (χ2n) is 4.20. The van der Waals surface area contributed by atoms with Crippen molar-refractivity contribution in [2.45, 2.75) is 32.7 Å². The van der Waals surface area contributed by atoms with E-state index in [0.29, 0.717) is 0 Å². The molecule has 0 fully saturated rings. The van der Waals surface area contributed by atoms with E-state index < -0.39 is 0 Å². The molecule has 0 saturated heterocycles. The van der Waals surface area contributed by atoms with Crippen LogP contribution in [0.2, 0.25) is 0 Å². The number of primary amides is 1. The molecule has 0 aromatic heterocycles. The van der Waals surface area contributed by atoms with Crippen molar-refractivity contribution in [3.63, 3.8) is 0 Å². The van der Waals surface area contributed by atoms with E-state index in [0.717, 1.165) is 31.5 Å². The SMILES string of the molecule is CCCCN(CC)C(C(N)=O)c1ccccc1. The third-order valence-corrected chi connectivity index (χ3v) is 2.96. The van der Waals surface area contributed by atoms with Gasteiger partial charge in [0.15, 0.2) is 0 Å². The summed E-state index contributed by atoms with van der Waals surface area (Å²) >= 11 is 0. The maximum absolute atomic E-state index is 11.6. The van der Waals surface area contributed by atoms with E-state index in [-0.39, 0.29) is 11.9 Å². The first-order valence-corrected chi connectivity index (χ1v) is 6.29. The Balaban J connectivity index is 2.87. The first-order chi connectivity index (χ1) is 8.20. The fraction of sp³-hybridized carbons (Fsp3) is 0.500. The molecule has 3 heteroatoms. The maximum atomic E-state index is 11.6. The van der Waals surface area contributed by atoms with Gasteiger partial charge >= 0.3 is 0 Å². The van der Waals surface area contributed by atoms with E-state index >= 15 is 0 Å². The molecule has 0 saturated carbocycles. The first kappa shape index (κ1) is 13.7. The number of carbonyl (C=O) groups excluding carboxylic acids is 1. The fourth-order valence-corrected chi connectivity index (χ4v) is 2.02. The summed E-state index contributed by atoms with van der Waals surface area (Å²) < 4.78 is 0. The number of nitrogens with two attached hydrogens (primary N) is 1. The third-order valence-electron chi connectivity index (χ3n) is 2.96. The smallest absolute Gasteiger partial charge is 0.239 e. The van der Waals surface area contributed by atoms with Gasteiger partial charge in [0.2, 0.25) is 5.91 Å². The van der Waals surface area contributed by atoms with Gasteiger partial charge in [-0.2, -0.15) is 0 Å². The lowest BCUT2D eigenvalue weighted by Crippen LogP contribution is -2.38. The van der Waals surface area contributed by atoms with E-state index in [2.05, 4.69) is 18.7 Å². The molecule has 1 aromatic rings. The van der Waals surface area contributed by atoms with Crippen molar-refractivity contribution >= 4 is 5.91 Å². The van der Waals surface area contributed by atoms with Crippen LogP contribution in [-0.2, 0) is 4.79 Å². The minimum Gasteiger partial charge on any atom is -0.368 e. The van der Waals surface area contributed by atoms with E-state index in [9.17, 15) is 4.79 Å². The Labute approximate surface area is 104 Å². The number of amides is 1. The number of carbonyl (C=O) groups is 1. The van der Waals surface area contributed by atoms with Crippen molar-refractivity contribution in [2.75, 3.05) is 13.1 Å². The number of likely N-dealkylation sites (N-methyl/N-ethyl adjacent to an activating group) is 1. The normalized spacial score (nSPS) is 12.6. The van der Waals surface area contributed by atoms with Crippen molar-refractivity contribution in [3.8, 4) is 0 Å². The van der Waals surface area contributed by atoms with Crippen molar-refractivity contribution < 1.29 is 4.79 Å². The summed E-state index contributed by atoms with van der Waals surface area (Å²) in [6, 6.07) is 9.46. The molecule has 94 valence electrons. The molecule has 0 bridgehead atoms. The van der Waals surface area contributed by atoms with E-state index in [1.165, 1.54) is 0 Å². The molecule has 1 amide bonds. The van der Waals surface area contributed by atoms with Crippen molar-refractivity contribution in [3.05, 3.63) is 35.9 Å². The van der Waals surface area contributed by atoms with Crippen LogP contribution in [0.1, 0.15) is 38.3 Å². The number of benzene rings is 1. The summed E-state index contributed by atoms with van der Waals surface area (Å²) in [6.07, 6.45) is 2.21. The number of hydrogen-bond donors (Lipinski definition) is 1. The van der Waals surface area contributed by atoms with Crippen LogP contribution < -0.4 is 5.73 Å². The second kappa shape index (κ2) is 7.07. The lowest BCUT2D eigenvalue weighted by atomic mass is 10.0. The molecule has 1 aromatic carbocycles. The van der Waals surface area contributed by atoms with Crippen LogP contribution in [0.15, 0.2) is 30.3 Å². The van der Waals surface area contributed by atoms with Gasteiger partial charge in [0.25, 0.3) is 0 Å². The number of hydrogen-bond acceptors (Lipinski definition) is 2. The fourth-order valence-electron chi connectivity index (χ4n) is 2.02. The highest BCUT2D eigenvalue weighted by Crippen LogP contribution is 2.20. The molecule has 0 radical (unpaired) electrons. The van der Waals surface area contributed by atoms with Gasteiger partial charge in [0, 0.05) is 0 Å². The van der Waals surface area contributed by atoms with E-state index in [4.69, 9.17) is 5.73 Å². The molecule has 1 rings (SSSR count). The van der Waals surface area contributed by atoms with Crippen molar-refractivity contribution in [1.29, 1.82) is 0 Å². The topological polar surface area (TPSA) is 46.3 Å². The monoisotopic (exact) mass is 234 g/mol. The summed E-state index contributed by atoms with van der Waals surface area (Å²) in [7, 11) is 0. The second-order valence-corrected chi connectivity index (χ2v) is 4.20. The molecule has 0 aliphatic heterocycles. The number of rotatable bonds is 7. The Morgan fingerprint density at radius 2 is 1.94 bits per heavy atom. The standard InChI is InChI=1S/C14H22N2O/c1-3-5-11-16(4-2)13(14(15)17)12-9-7-6-8-10-12/h6-10,13H,3-5,11H2,1-2H3,(H2,15,17). The van der Waals surface area contributed by atoms with Gasteiger partial charge in [-0.05, 0) is 25.1 Å². The zero-order valence-electron chi connectivity index (χ0n) is 10.7. The van der Waals surface area contributed by atoms with Gasteiger partial charge in [0.1, 0.15) is 6.04 Å². The van der Waals surface area contributed by atoms with E-state index in [1.54, 1.807) is 0 Å². The first-order valence-electron chi connectivity index (χ1n) is 6.29. The minimum atomic E-state index is -0.298. The zero-order chi connectivity index (χ0) is 12.7. The highest BCUT2D eigenvalue weighted by Gasteiger charge is 2.23. The van der Waals surface area contributed by atoms with Gasteiger partial charge in [-0.1, -0.05) is 50.6 Å². The van der Waals surface area contributed by atoms with Gasteiger partial charge in [0.05, 0.1) is 0 Å². The van der Waals surface area contributed by atoms with Crippen LogP contribution in [0.3, 0.4) is 0 Å². The Bertz CT molecular complexity index is 337. The highest BCUT2D eigenvalue weighted by atomic mass is 16.1. The molecule has 17 heavy (non-hydrogen) atoms. The average molecular weight is 234 g/mol. The van der Waals surface area contributed by atoms with Crippen LogP contribution in [0.25, 0.3) is 0 Å². The molecular formula is C14H22N2O. The molecule has 2 N–H and O–H groups in total. The average Bonchev–Trinajstić information content (AvgIpc) is 2.35. The zero-order valence-corrected chi connectivity index (χ0v) is 10.7. The molecule has 1 atom stereocenters. The largest absolute Gasteiger partial charge is 0.368 e. The maximum Gasteiger partial charge on any atom is 0.239 e. The van der Waals surface area contributed by atoms with Gasteiger partial charge in [-0.25, -0.2) is 0 Å². The number of unbranched alkanes of at least 4 members (excludes halogenated alkanes) is 1. The molecule has 1 unspecified atom stereocenters. The van der Waals surface area contributed by atoms with Gasteiger partial charge < -0.3 is 5.73 Å². The van der Waals surface area contributed by atoms with Crippen LogP contribution in [-0.4, -0.2) is 23.9 Å². The molecule has 0 heterocycles. The molecular weight excluding hydrogens is 212 g/mol. The lowest BCUT2D eigenvalue weighted by molar-refractivity contribution is -0.123. The highest BCUT2D eigenvalue weighted by molar-refractivity contribution is 5.81. The summed E-state index contributed by atoms with van der Waals surface area (Å²) in [5.74, 6) is -0.269. The lowest BCUT2D eigenvalue weighted by Gasteiger charge is -2.28.